The molecular weight excluding hydrogens is 335 g/mol. The number of carbonyl (C=O) groups excluding carboxylic acids is 1. The number of amides is 1. The number of nitrogens with one attached hydrogen (secondary N) is 1. The topological polar surface area (TPSA) is 75.6 Å². The minimum atomic E-state index is -4.61. The molecule has 2 N–H and O–H groups in total. The molecule has 0 atom stereocenters. The molecule has 0 aliphatic rings. The van der Waals surface area contributed by atoms with Crippen LogP contribution in [0, 0.1) is 0 Å². The van der Waals surface area contributed by atoms with E-state index >= 15 is 0 Å². The molecule has 9 heteroatoms. The summed E-state index contributed by atoms with van der Waals surface area (Å²) in [5.74, 6) is -2.30. The van der Waals surface area contributed by atoms with Crippen molar-refractivity contribution in [2.24, 2.45) is 0 Å². The van der Waals surface area contributed by atoms with Gasteiger partial charge in [0.25, 0.3) is 5.91 Å². The Hall–Kier alpha value is -1.61. The maximum Gasteiger partial charge on any atom is 0.417 e. The molecule has 0 spiro atoms. The summed E-state index contributed by atoms with van der Waals surface area (Å²) in [5.41, 5.74) is 0.406. The van der Waals surface area contributed by atoms with Crippen molar-refractivity contribution in [1.82, 2.24) is 5.48 Å². The smallest absolute Gasteiger partial charge is 0.417 e. The molecule has 0 saturated carbocycles. The Morgan fingerprint density at radius 2 is 2.00 bits per heavy atom. The Morgan fingerprint density at radius 3 is 2.53 bits per heavy atom. The molecule has 0 radical (unpaired) electrons. The van der Waals surface area contributed by atoms with Gasteiger partial charge >= 0.3 is 12.1 Å². The maximum atomic E-state index is 12.6. The van der Waals surface area contributed by atoms with E-state index < -0.39 is 30.2 Å². The van der Waals surface area contributed by atoms with E-state index in [4.69, 9.17) is 5.11 Å². The van der Waals surface area contributed by atoms with E-state index in [2.05, 4.69) is 20.8 Å². The standard InChI is InChI=1S/C10H7BrF3NO4/c11-7-2-1-5(3-6(7)10(12,13)14)9(18)15-19-4-8(16)17/h1-3H,4H2,(H,15,18)(H,16,17). The Labute approximate surface area is 113 Å². The molecule has 0 bridgehead atoms. The number of aliphatic carboxylic acids is 1. The van der Waals surface area contributed by atoms with E-state index in [-0.39, 0.29) is 10.0 Å². The van der Waals surface area contributed by atoms with Crippen LogP contribution in [0.25, 0.3) is 0 Å². The lowest BCUT2D eigenvalue weighted by atomic mass is 10.1. The van der Waals surface area contributed by atoms with E-state index in [0.717, 1.165) is 12.1 Å². The summed E-state index contributed by atoms with van der Waals surface area (Å²) in [4.78, 5) is 25.8. The molecule has 0 aliphatic heterocycles. The zero-order chi connectivity index (χ0) is 14.6. The van der Waals surface area contributed by atoms with Crippen molar-refractivity contribution in [3.05, 3.63) is 33.8 Å². The number of hydroxylamine groups is 1. The molecule has 0 saturated heterocycles. The Kier molecular flexibility index (Phi) is 4.90. The van der Waals surface area contributed by atoms with E-state index in [1.54, 1.807) is 5.48 Å². The minimum Gasteiger partial charge on any atom is -0.479 e. The highest BCUT2D eigenvalue weighted by Crippen LogP contribution is 2.35. The van der Waals surface area contributed by atoms with Crippen molar-refractivity contribution < 1.29 is 32.7 Å². The van der Waals surface area contributed by atoms with Crippen LogP contribution in [0.2, 0.25) is 0 Å². The third kappa shape index (κ3) is 4.52. The van der Waals surface area contributed by atoms with Gasteiger partial charge in [0.2, 0.25) is 0 Å². The molecule has 5 nitrogen and oxygen atoms in total. The van der Waals surface area contributed by atoms with Crippen molar-refractivity contribution in [2.75, 3.05) is 6.61 Å². The maximum absolute atomic E-state index is 12.6. The van der Waals surface area contributed by atoms with Crippen LogP contribution in [0.5, 0.6) is 0 Å². The largest absolute Gasteiger partial charge is 0.479 e. The fourth-order valence-electron chi connectivity index (χ4n) is 1.11. The van der Waals surface area contributed by atoms with Crippen LogP contribution in [0.4, 0.5) is 13.2 Å². The number of halogens is 4. The second-order valence-electron chi connectivity index (χ2n) is 3.31. The average molecular weight is 342 g/mol. The Morgan fingerprint density at radius 1 is 1.37 bits per heavy atom. The Bertz CT molecular complexity index is 504. The molecule has 1 rings (SSSR count). The fourth-order valence-corrected chi connectivity index (χ4v) is 1.58. The summed E-state index contributed by atoms with van der Waals surface area (Å²) in [7, 11) is 0. The van der Waals surface area contributed by atoms with Gasteiger partial charge in [-0.3, -0.25) is 9.63 Å². The molecule has 1 aromatic rings. The number of alkyl halides is 3. The van der Waals surface area contributed by atoms with Crippen LogP contribution in [0.1, 0.15) is 15.9 Å². The first-order chi connectivity index (χ1) is 8.71. The van der Waals surface area contributed by atoms with Crippen LogP contribution in [-0.2, 0) is 15.8 Å². The molecule has 0 aliphatic carbocycles. The van der Waals surface area contributed by atoms with Gasteiger partial charge in [0.1, 0.15) is 0 Å². The molecule has 19 heavy (non-hydrogen) atoms. The SMILES string of the molecule is O=C(O)CONC(=O)c1ccc(Br)c(C(F)(F)F)c1. The summed E-state index contributed by atoms with van der Waals surface area (Å²) >= 11 is 2.73. The number of hydrogen-bond acceptors (Lipinski definition) is 3. The van der Waals surface area contributed by atoms with Gasteiger partial charge in [-0.25, -0.2) is 10.3 Å². The molecule has 0 fully saturated rings. The summed E-state index contributed by atoms with van der Waals surface area (Å²) in [5, 5.41) is 8.25. The van der Waals surface area contributed by atoms with Crippen LogP contribution in [-0.4, -0.2) is 23.6 Å². The normalized spacial score (nSPS) is 11.2. The predicted octanol–water partition coefficient (Wildman–Crippen LogP) is 2.21. The van der Waals surface area contributed by atoms with Gasteiger partial charge in [0, 0.05) is 10.0 Å². The van der Waals surface area contributed by atoms with Crippen LogP contribution >= 0.6 is 15.9 Å². The van der Waals surface area contributed by atoms with Gasteiger partial charge in [-0.1, -0.05) is 15.9 Å². The zero-order valence-corrected chi connectivity index (χ0v) is 10.7. The molecule has 0 aromatic heterocycles. The molecule has 1 aromatic carbocycles. The monoisotopic (exact) mass is 341 g/mol. The van der Waals surface area contributed by atoms with Crippen molar-refractivity contribution >= 4 is 27.8 Å². The summed E-state index contributed by atoms with van der Waals surface area (Å²) < 4.78 is 37.5. The first kappa shape index (κ1) is 15.4. The van der Waals surface area contributed by atoms with Crippen LogP contribution in [0.3, 0.4) is 0 Å². The number of rotatable bonds is 4. The van der Waals surface area contributed by atoms with Crippen molar-refractivity contribution in [3.8, 4) is 0 Å². The van der Waals surface area contributed by atoms with Crippen molar-refractivity contribution in [1.29, 1.82) is 0 Å². The van der Waals surface area contributed by atoms with Gasteiger partial charge < -0.3 is 5.11 Å². The first-order valence-corrected chi connectivity index (χ1v) is 5.52. The average Bonchev–Trinajstić information content (AvgIpc) is 2.27. The number of hydrogen-bond donors (Lipinski definition) is 2. The first-order valence-electron chi connectivity index (χ1n) is 4.72. The lowest BCUT2D eigenvalue weighted by Gasteiger charge is -2.11. The van der Waals surface area contributed by atoms with Crippen molar-refractivity contribution in [2.45, 2.75) is 6.18 Å². The fraction of sp³-hybridized carbons (Fsp3) is 0.200. The summed E-state index contributed by atoms with van der Waals surface area (Å²) in [6.07, 6.45) is -4.61. The van der Waals surface area contributed by atoms with Gasteiger partial charge in [-0.2, -0.15) is 13.2 Å². The lowest BCUT2D eigenvalue weighted by molar-refractivity contribution is -0.144. The van der Waals surface area contributed by atoms with Gasteiger partial charge in [-0.05, 0) is 18.2 Å². The van der Waals surface area contributed by atoms with Gasteiger partial charge in [-0.15, -0.1) is 0 Å². The lowest BCUT2D eigenvalue weighted by Crippen LogP contribution is -2.27. The number of carbonyl (C=O) groups is 2. The van der Waals surface area contributed by atoms with E-state index in [1.807, 2.05) is 0 Å². The van der Waals surface area contributed by atoms with Crippen molar-refractivity contribution in [3.63, 3.8) is 0 Å². The molecule has 104 valence electrons. The molecule has 1 amide bonds. The summed E-state index contributed by atoms with van der Waals surface area (Å²) in [6.45, 7) is -0.797. The van der Waals surface area contributed by atoms with E-state index in [1.165, 1.54) is 0 Å². The second-order valence-corrected chi connectivity index (χ2v) is 4.16. The predicted molar refractivity (Wildman–Crippen MR) is 60.2 cm³/mol. The highest BCUT2D eigenvalue weighted by molar-refractivity contribution is 9.10. The number of carboxylic acid groups (broad SMARTS) is 1. The third-order valence-corrected chi connectivity index (χ3v) is 2.59. The highest BCUT2D eigenvalue weighted by atomic mass is 79.9. The molecule has 0 heterocycles. The van der Waals surface area contributed by atoms with E-state index in [0.29, 0.717) is 6.07 Å². The third-order valence-electron chi connectivity index (χ3n) is 1.89. The second kappa shape index (κ2) is 6.02. The number of benzene rings is 1. The van der Waals surface area contributed by atoms with Crippen LogP contribution in [0.15, 0.2) is 22.7 Å². The van der Waals surface area contributed by atoms with Gasteiger partial charge in [0.05, 0.1) is 5.56 Å². The van der Waals surface area contributed by atoms with Crippen LogP contribution < -0.4 is 5.48 Å². The van der Waals surface area contributed by atoms with Gasteiger partial charge in [0.15, 0.2) is 6.61 Å². The number of carboxylic acids is 1. The van der Waals surface area contributed by atoms with E-state index in [9.17, 15) is 22.8 Å². The Balaban J connectivity index is 2.84. The quantitative estimate of drug-likeness (QED) is 0.823. The zero-order valence-electron chi connectivity index (χ0n) is 9.12. The molecular formula is C10H7BrF3NO4. The molecule has 0 unspecified atom stereocenters. The summed E-state index contributed by atoms with van der Waals surface area (Å²) in [6, 6.07) is 2.83. The highest BCUT2D eigenvalue weighted by Gasteiger charge is 2.33. The minimum absolute atomic E-state index is 0.206.